The monoisotopic (exact) mass is 381 g/mol. The number of aryl methyl sites for hydroxylation is 1. The van der Waals surface area contributed by atoms with Crippen LogP contribution in [0.3, 0.4) is 0 Å². The standard InChI is InChI=1S/C21H23N3O4/c1-24-12-23-19(14-10-17(25-2)21(27-4)18(11-14)26-3)20(24)13-5-6-16-15(9-13)22-7-8-28-16/h5-6,9-12,22H,7-8H2,1-4H3. The summed E-state index contributed by atoms with van der Waals surface area (Å²) in [5.41, 5.74) is 4.73. The summed E-state index contributed by atoms with van der Waals surface area (Å²) in [4.78, 5) is 4.64. The van der Waals surface area contributed by atoms with Gasteiger partial charge in [0.1, 0.15) is 12.4 Å². The van der Waals surface area contributed by atoms with Crippen molar-refractivity contribution < 1.29 is 18.9 Å². The van der Waals surface area contributed by atoms with Crippen LogP contribution in [0.2, 0.25) is 0 Å². The smallest absolute Gasteiger partial charge is 0.203 e. The van der Waals surface area contributed by atoms with Crippen molar-refractivity contribution in [2.45, 2.75) is 0 Å². The summed E-state index contributed by atoms with van der Waals surface area (Å²) in [6.45, 7) is 1.47. The molecule has 28 heavy (non-hydrogen) atoms. The lowest BCUT2D eigenvalue weighted by atomic mass is 10.0. The van der Waals surface area contributed by atoms with E-state index in [1.165, 1.54) is 0 Å². The van der Waals surface area contributed by atoms with Crippen LogP contribution in [0.1, 0.15) is 0 Å². The minimum atomic E-state index is 0.557. The Balaban J connectivity index is 1.86. The van der Waals surface area contributed by atoms with E-state index < -0.39 is 0 Å². The van der Waals surface area contributed by atoms with Crippen molar-refractivity contribution in [2.75, 3.05) is 39.8 Å². The maximum Gasteiger partial charge on any atom is 0.203 e. The van der Waals surface area contributed by atoms with Crippen molar-refractivity contribution in [3.63, 3.8) is 0 Å². The number of anilines is 1. The molecule has 146 valence electrons. The number of hydrogen-bond acceptors (Lipinski definition) is 6. The van der Waals surface area contributed by atoms with Crippen LogP contribution in [-0.2, 0) is 7.05 Å². The highest BCUT2D eigenvalue weighted by Crippen LogP contribution is 2.43. The Morgan fingerprint density at radius 3 is 2.43 bits per heavy atom. The van der Waals surface area contributed by atoms with Crippen molar-refractivity contribution in [1.82, 2.24) is 9.55 Å². The minimum Gasteiger partial charge on any atom is -0.493 e. The summed E-state index contributed by atoms with van der Waals surface area (Å²) in [6.07, 6.45) is 1.80. The van der Waals surface area contributed by atoms with Crippen molar-refractivity contribution in [3.05, 3.63) is 36.7 Å². The highest BCUT2D eigenvalue weighted by molar-refractivity contribution is 5.83. The fourth-order valence-electron chi connectivity index (χ4n) is 3.49. The van der Waals surface area contributed by atoms with Gasteiger partial charge in [0.05, 0.1) is 44.7 Å². The van der Waals surface area contributed by atoms with Crippen LogP contribution >= 0.6 is 0 Å². The summed E-state index contributed by atoms with van der Waals surface area (Å²) in [5.74, 6) is 2.61. The molecule has 0 spiro atoms. The van der Waals surface area contributed by atoms with Crippen LogP contribution in [0.5, 0.6) is 23.0 Å². The van der Waals surface area contributed by atoms with Crippen molar-refractivity contribution >= 4 is 5.69 Å². The molecule has 7 nitrogen and oxygen atoms in total. The molecule has 1 N–H and O–H groups in total. The number of fused-ring (bicyclic) bond motifs is 1. The summed E-state index contributed by atoms with van der Waals surface area (Å²) >= 11 is 0. The molecule has 0 radical (unpaired) electrons. The molecule has 0 amide bonds. The van der Waals surface area contributed by atoms with Gasteiger partial charge >= 0.3 is 0 Å². The lowest BCUT2D eigenvalue weighted by molar-refractivity contribution is 0.323. The average Bonchev–Trinajstić information content (AvgIpc) is 3.13. The summed E-state index contributed by atoms with van der Waals surface area (Å²) in [6, 6.07) is 9.94. The molecular weight excluding hydrogens is 358 g/mol. The van der Waals surface area contributed by atoms with Gasteiger partial charge < -0.3 is 28.8 Å². The molecule has 0 atom stereocenters. The van der Waals surface area contributed by atoms with Gasteiger partial charge in [-0.1, -0.05) is 0 Å². The van der Waals surface area contributed by atoms with E-state index in [9.17, 15) is 0 Å². The molecular formula is C21H23N3O4. The zero-order valence-electron chi connectivity index (χ0n) is 16.4. The Hall–Kier alpha value is -3.35. The van der Waals surface area contributed by atoms with Crippen LogP contribution in [0, 0.1) is 0 Å². The maximum absolute atomic E-state index is 5.70. The fourth-order valence-corrected chi connectivity index (χ4v) is 3.49. The van der Waals surface area contributed by atoms with Gasteiger partial charge in [-0.25, -0.2) is 4.98 Å². The van der Waals surface area contributed by atoms with E-state index in [2.05, 4.69) is 16.4 Å². The fraction of sp³-hybridized carbons (Fsp3) is 0.286. The van der Waals surface area contributed by atoms with Crippen LogP contribution in [0.25, 0.3) is 22.5 Å². The van der Waals surface area contributed by atoms with Crippen LogP contribution < -0.4 is 24.3 Å². The highest BCUT2D eigenvalue weighted by Gasteiger charge is 2.20. The summed E-state index contributed by atoms with van der Waals surface area (Å²) < 4.78 is 24.1. The topological polar surface area (TPSA) is 66.8 Å². The number of hydrogen-bond donors (Lipinski definition) is 1. The zero-order chi connectivity index (χ0) is 19.7. The first-order chi connectivity index (χ1) is 13.7. The van der Waals surface area contributed by atoms with E-state index >= 15 is 0 Å². The number of methoxy groups -OCH3 is 3. The SMILES string of the molecule is COc1cc(-c2ncn(C)c2-c2ccc3c(c2)NCCO3)cc(OC)c1OC. The highest BCUT2D eigenvalue weighted by atomic mass is 16.5. The van der Waals surface area contributed by atoms with E-state index in [4.69, 9.17) is 18.9 Å². The first-order valence-electron chi connectivity index (χ1n) is 8.99. The largest absolute Gasteiger partial charge is 0.493 e. The minimum absolute atomic E-state index is 0.557. The van der Waals surface area contributed by atoms with E-state index in [1.807, 2.05) is 35.9 Å². The van der Waals surface area contributed by atoms with Crippen LogP contribution in [-0.4, -0.2) is 44.0 Å². The van der Waals surface area contributed by atoms with Crippen molar-refractivity contribution in [3.8, 4) is 45.5 Å². The Morgan fingerprint density at radius 2 is 1.75 bits per heavy atom. The van der Waals surface area contributed by atoms with Crippen LogP contribution in [0.15, 0.2) is 36.7 Å². The number of rotatable bonds is 5. The Labute approximate surface area is 163 Å². The quantitative estimate of drug-likeness (QED) is 0.729. The molecule has 1 aliphatic rings. The molecule has 0 saturated heterocycles. The number of aromatic nitrogens is 2. The van der Waals surface area contributed by atoms with Gasteiger partial charge in [-0.2, -0.15) is 0 Å². The second kappa shape index (κ2) is 7.34. The summed E-state index contributed by atoms with van der Waals surface area (Å²) in [7, 11) is 6.78. The predicted molar refractivity (Wildman–Crippen MR) is 108 cm³/mol. The number of imidazole rings is 1. The van der Waals surface area contributed by atoms with Gasteiger partial charge in [-0.05, 0) is 30.3 Å². The molecule has 2 aromatic carbocycles. The van der Waals surface area contributed by atoms with Crippen molar-refractivity contribution in [1.29, 1.82) is 0 Å². The molecule has 1 aliphatic heterocycles. The van der Waals surface area contributed by atoms with Crippen molar-refractivity contribution in [2.24, 2.45) is 7.05 Å². The Morgan fingerprint density at radius 1 is 1.00 bits per heavy atom. The lowest BCUT2D eigenvalue weighted by Gasteiger charge is -2.20. The number of nitrogens with one attached hydrogen (secondary N) is 1. The van der Waals surface area contributed by atoms with E-state index in [0.717, 1.165) is 40.5 Å². The molecule has 4 rings (SSSR count). The Bertz CT molecular complexity index is 988. The lowest BCUT2D eigenvalue weighted by Crippen LogP contribution is -2.17. The Kier molecular flexibility index (Phi) is 4.73. The molecule has 0 fully saturated rings. The normalized spacial score (nSPS) is 12.6. The van der Waals surface area contributed by atoms with Gasteiger partial charge in [0, 0.05) is 24.7 Å². The van der Waals surface area contributed by atoms with E-state index in [1.54, 1.807) is 27.7 Å². The average molecular weight is 381 g/mol. The molecule has 0 aliphatic carbocycles. The first-order valence-corrected chi connectivity index (χ1v) is 8.99. The first kappa shape index (κ1) is 18.0. The molecule has 7 heteroatoms. The molecule has 0 bridgehead atoms. The molecule has 1 aromatic heterocycles. The van der Waals surface area contributed by atoms with Gasteiger partial charge in [-0.15, -0.1) is 0 Å². The summed E-state index contributed by atoms with van der Waals surface area (Å²) in [5, 5.41) is 3.38. The second-order valence-electron chi connectivity index (χ2n) is 6.45. The van der Waals surface area contributed by atoms with Gasteiger partial charge in [0.25, 0.3) is 0 Å². The third-order valence-corrected chi connectivity index (χ3v) is 4.80. The molecule has 0 unspecified atom stereocenters. The van der Waals surface area contributed by atoms with Crippen LogP contribution in [0.4, 0.5) is 5.69 Å². The predicted octanol–water partition coefficient (Wildman–Crippen LogP) is 3.58. The maximum atomic E-state index is 5.70. The third-order valence-electron chi connectivity index (χ3n) is 4.80. The zero-order valence-corrected chi connectivity index (χ0v) is 16.4. The number of nitrogens with zero attached hydrogens (tertiary/aromatic N) is 2. The molecule has 0 saturated carbocycles. The number of ether oxygens (including phenoxy) is 4. The second-order valence-corrected chi connectivity index (χ2v) is 6.45. The van der Waals surface area contributed by atoms with Gasteiger partial charge in [-0.3, -0.25) is 0 Å². The van der Waals surface area contributed by atoms with Gasteiger partial charge in [0.2, 0.25) is 5.75 Å². The third kappa shape index (κ3) is 2.98. The van der Waals surface area contributed by atoms with E-state index in [0.29, 0.717) is 23.9 Å². The number of benzene rings is 2. The molecule has 3 aromatic rings. The molecule has 2 heterocycles. The van der Waals surface area contributed by atoms with Gasteiger partial charge in [0.15, 0.2) is 11.5 Å². The van der Waals surface area contributed by atoms with E-state index in [-0.39, 0.29) is 0 Å².